The molecule has 1 atom stereocenters. The molecule has 0 aromatic heterocycles. The quantitative estimate of drug-likeness (QED) is 0.426. The number of carbonyl (C=O) groups is 1. The molecule has 0 saturated carbocycles. The molecule has 0 aliphatic carbocycles. The van der Waals surface area contributed by atoms with Gasteiger partial charge >= 0.3 is 13.6 Å². The van der Waals surface area contributed by atoms with Gasteiger partial charge in [-0.3, -0.25) is 9.36 Å². The number of rotatable bonds is 12. The predicted octanol–water partition coefficient (Wildman–Crippen LogP) is 4.44. The van der Waals surface area contributed by atoms with Crippen LogP contribution in [-0.2, 0) is 18.4 Å². The zero-order chi connectivity index (χ0) is 15.4. The highest BCUT2D eigenvalue weighted by atomic mass is 31.2. The summed E-state index contributed by atoms with van der Waals surface area (Å²) in [7, 11) is -3.24. The van der Waals surface area contributed by atoms with Crippen molar-refractivity contribution in [2.24, 2.45) is 5.92 Å². The van der Waals surface area contributed by atoms with Crippen LogP contribution in [0.1, 0.15) is 52.9 Å². The van der Waals surface area contributed by atoms with Crippen LogP contribution in [-0.4, -0.2) is 24.3 Å². The summed E-state index contributed by atoms with van der Waals surface area (Å²) in [4.78, 5) is 10.7. The predicted molar refractivity (Wildman–Crippen MR) is 79.9 cm³/mol. The number of carboxylic acid groups (broad SMARTS) is 1. The molecule has 0 aliphatic heterocycles. The number of hydrogen-bond donors (Lipinski definition) is 1. The third kappa shape index (κ3) is 9.29. The highest BCUT2D eigenvalue weighted by molar-refractivity contribution is 7.57. The molecule has 0 spiro atoms. The summed E-state index contributed by atoms with van der Waals surface area (Å²) >= 11 is 0. The molecule has 0 fully saturated rings. The first-order chi connectivity index (χ1) is 9.45. The zero-order valence-corrected chi connectivity index (χ0v) is 13.6. The van der Waals surface area contributed by atoms with E-state index in [1.807, 2.05) is 13.8 Å². The summed E-state index contributed by atoms with van der Waals surface area (Å²) in [6.07, 6.45) is 5.44. The van der Waals surface area contributed by atoms with Crippen molar-refractivity contribution in [2.45, 2.75) is 52.9 Å². The Bertz CT molecular complexity index is 326. The van der Waals surface area contributed by atoms with E-state index in [4.69, 9.17) is 14.2 Å². The molecule has 0 aromatic carbocycles. The fourth-order valence-corrected chi connectivity index (χ4v) is 2.68. The molecule has 0 aliphatic rings. The van der Waals surface area contributed by atoms with Gasteiger partial charge in [0.2, 0.25) is 0 Å². The molecule has 5 nitrogen and oxygen atoms in total. The Morgan fingerprint density at radius 2 is 1.70 bits per heavy atom. The second-order valence-electron chi connectivity index (χ2n) is 4.77. The Labute approximate surface area is 121 Å². The minimum absolute atomic E-state index is 0.313. The van der Waals surface area contributed by atoms with Crippen LogP contribution in [0.15, 0.2) is 11.9 Å². The highest BCUT2D eigenvalue weighted by Crippen LogP contribution is 2.50. The van der Waals surface area contributed by atoms with Gasteiger partial charge in [-0.25, -0.2) is 0 Å². The van der Waals surface area contributed by atoms with Gasteiger partial charge in [0.25, 0.3) is 0 Å². The van der Waals surface area contributed by atoms with Crippen LogP contribution in [0.25, 0.3) is 0 Å². The number of allylic oxidation sites excluding steroid dienone is 1. The summed E-state index contributed by atoms with van der Waals surface area (Å²) in [5.74, 6) is 0.0202. The standard InChI is InChI=1S/C14H27O5P/c1-4-6-10-18-20(17,19-11-7-5-2)12-8-9-13(3)14(15)16/h8,12-13H,4-7,9-11H2,1-3H3,(H,15,16). The molecule has 0 amide bonds. The molecular weight excluding hydrogens is 279 g/mol. The van der Waals surface area contributed by atoms with E-state index >= 15 is 0 Å². The van der Waals surface area contributed by atoms with Crippen molar-refractivity contribution in [3.05, 3.63) is 11.9 Å². The van der Waals surface area contributed by atoms with Crippen molar-refractivity contribution in [2.75, 3.05) is 13.2 Å². The van der Waals surface area contributed by atoms with Crippen LogP contribution in [0.2, 0.25) is 0 Å². The minimum atomic E-state index is -3.24. The van der Waals surface area contributed by atoms with E-state index in [0.717, 1.165) is 25.7 Å². The summed E-state index contributed by atoms with van der Waals surface area (Å²) in [6, 6.07) is 0. The Balaban J connectivity index is 4.45. The molecule has 6 heteroatoms. The van der Waals surface area contributed by atoms with Crippen LogP contribution in [0.3, 0.4) is 0 Å². The smallest absolute Gasteiger partial charge is 0.353 e. The molecule has 1 unspecified atom stereocenters. The van der Waals surface area contributed by atoms with Crippen molar-refractivity contribution >= 4 is 13.6 Å². The molecule has 1 N–H and O–H groups in total. The summed E-state index contributed by atoms with van der Waals surface area (Å²) in [6.45, 7) is 6.43. The van der Waals surface area contributed by atoms with E-state index in [-0.39, 0.29) is 0 Å². The van der Waals surface area contributed by atoms with Gasteiger partial charge in [0.05, 0.1) is 19.1 Å². The summed E-state index contributed by atoms with van der Waals surface area (Å²) in [5, 5.41) is 8.79. The number of carboxylic acids is 1. The maximum atomic E-state index is 12.4. The monoisotopic (exact) mass is 306 g/mol. The van der Waals surface area contributed by atoms with Gasteiger partial charge in [-0.2, -0.15) is 0 Å². The van der Waals surface area contributed by atoms with Gasteiger partial charge in [0.15, 0.2) is 0 Å². The fraction of sp³-hybridized carbons (Fsp3) is 0.786. The highest BCUT2D eigenvalue weighted by Gasteiger charge is 2.20. The van der Waals surface area contributed by atoms with E-state index in [1.165, 1.54) is 5.82 Å². The van der Waals surface area contributed by atoms with Gasteiger partial charge in [-0.05, 0) is 19.3 Å². The molecule has 20 heavy (non-hydrogen) atoms. The topological polar surface area (TPSA) is 72.8 Å². The second kappa shape index (κ2) is 11.1. The van der Waals surface area contributed by atoms with Gasteiger partial charge in [0.1, 0.15) is 0 Å². The van der Waals surface area contributed by atoms with Crippen LogP contribution in [0, 0.1) is 5.92 Å². The lowest BCUT2D eigenvalue weighted by Crippen LogP contribution is -2.07. The molecule has 0 saturated heterocycles. The second-order valence-corrected chi connectivity index (χ2v) is 6.67. The Morgan fingerprint density at radius 1 is 1.20 bits per heavy atom. The van der Waals surface area contributed by atoms with Crippen LogP contribution in [0.4, 0.5) is 0 Å². The lowest BCUT2D eigenvalue weighted by molar-refractivity contribution is -0.140. The molecule has 0 bridgehead atoms. The van der Waals surface area contributed by atoms with Gasteiger partial charge in [-0.15, -0.1) is 0 Å². The molecular formula is C14H27O5P. The summed E-state index contributed by atoms with van der Waals surface area (Å²) < 4.78 is 23.2. The zero-order valence-electron chi connectivity index (χ0n) is 12.7. The Morgan fingerprint density at radius 3 is 2.10 bits per heavy atom. The molecule has 118 valence electrons. The molecule has 0 aromatic rings. The van der Waals surface area contributed by atoms with Crippen molar-refractivity contribution in [1.82, 2.24) is 0 Å². The first-order valence-electron chi connectivity index (χ1n) is 7.24. The van der Waals surface area contributed by atoms with Gasteiger partial charge < -0.3 is 14.2 Å². The third-order valence-corrected chi connectivity index (χ3v) is 4.40. The van der Waals surface area contributed by atoms with Crippen LogP contribution < -0.4 is 0 Å². The van der Waals surface area contributed by atoms with Crippen LogP contribution >= 0.6 is 7.60 Å². The largest absolute Gasteiger partial charge is 0.481 e. The average Bonchev–Trinajstić information content (AvgIpc) is 2.39. The lowest BCUT2D eigenvalue weighted by Gasteiger charge is -2.15. The normalized spacial score (nSPS) is 13.8. The number of hydrogen-bond acceptors (Lipinski definition) is 4. The van der Waals surface area contributed by atoms with E-state index in [2.05, 4.69) is 0 Å². The van der Waals surface area contributed by atoms with Gasteiger partial charge in [0, 0.05) is 5.82 Å². The van der Waals surface area contributed by atoms with Crippen molar-refractivity contribution in [3.63, 3.8) is 0 Å². The molecule has 0 radical (unpaired) electrons. The molecule has 0 heterocycles. The average molecular weight is 306 g/mol. The Hall–Kier alpha value is -0.640. The van der Waals surface area contributed by atoms with E-state index in [1.54, 1.807) is 13.0 Å². The van der Waals surface area contributed by atoms with E-state index < -0.39 is 19.5 Å². The maximum absolute atomic E-state index is 12.4. The van der Waals surface area contributed by atoms with Crippen molar-refractivity contribution in [1.29, 1.82) is 0 Å². The van der Waals surface area contributed by atoms with E-state index in [9.17, 15) is 9.36 Å². The first kappa shape index (κ1) is 19.4. The molecule has 0 rings (SSSR count). The van der Waals surface area contributed by atoms with Crippen molar-refractivity contribution in [3.8, 4) is 0 Å². The van der Waals surface area contributed by atoms with E-state index in [0.29, 0.717) is 19.6 Å². The Kier molecular flexibility index (Phi) is 10.7. The number of aliphatic carboxylic acids is 1. The number of unbranched alkanes of at least 4 members (excludes halogenated alkanes) is 2. The third-order valence-electron chi connectivity index (χ3n) is 2.74. The maximum Gasteiger partial charge on any atom is 0.353 e. The SMILES string of the molecule is CCCCOP(=O)(C=CCC(C)C(=O)O)OCCCC. The lowest BCUT2D eigenvalue weighted by atomic mass is 10.1. The fourth-order valence-electron chi connectivity index (χ4n) is 1.29. The summed E-state index contributed by atoms with van der Waals surface area (Å²) in [5.41, 5.74) is 0. The van der Waals surface area contributed by atoms with Crippen LogP contribution in [0.5, 0.6) is 0 Å². The minimum Gasteiger partial charge on any atom is -0.481 e. The first-order valence-corrected chi connectivity index (χ1v) is 8.85. The van der Waals surface area contributed by atoms with Crippen molar-refractivity contribution < 1.29 is 23.5 Å². The van der Waals surface area contributed by atoms with Gasteiger partial charge in [-0.1, -0.05) is 39.7 Å².